The Morgan fingerprint density at radius 3 is 2.33 bits per heavy atom. The molecule has 0 amide bonds. The van der Waals surface area contributed by atoms with E-state index in [0.717, 1.165) is 5.56 Å². The number of hydrogen-bond acceptors (Lipinski definition) is 5. The minimum absolute atomic E-state index is 0. The monoisotopic (exact) mass is 338 g/mol. The lowest BCUT2D eigenvalue weighted by Crippen LogP contribution is -2.20. The van der Waals surface area contributed by atoms with E-state index in [0.29, 0.717) is 25.0 Å². The normalized spacial score (nSPS) is 12.7. The number of hydrogen-bond donors (Lipinski definition) is 1. The van der Waals surface area contributed by atoms with Gasteiger partial charge in [-0.25, -0.2) is 0 Å². The van der Waals surface area contributed by atoms with Crippen LogP contribution in [0, 0.1) is 5.92 Å². The van der Waals surface area contributed by atoms with Gasteiger partial charge in [-0.05, 0) is 36.5 Å². The minimum atomic E-state index is -0.345. The number of benzene rings is 1. The van der Waals surface area contributed by atoms with Gasteiger partial charge in [-0.3, -0.25) is 9.59 Å². The topological polar surface area (TPSA) is 72.8 Å². The molecule has 5 nitrogen and oxygen atoms in total. The third-order valence-electron chi connectivity index (χ3n) is 3.72. The molecule has 0 saturated carbocycles. The molecule has 2 atom stereocenters. The first-order valence-corrected chi connectivity index (χ1v) is 8.03. The summed E-state index contributed by atoms with van der Waals surface area (Å²) >= 11 is 0. The highest BCUT2D eigenvalue weighted by Gasteiger charge is 2.21. The molecule has 1 rings (SSSR count). The van der Waals surface area contributed by atoms with Crippen molar-refractivity contribution in [2.75, 3.05) is 13.2 Å². The highest BCUT2D eigenvalue weighted by Crippen LogP contribution is 2.27. The van der Waals surface area contributed by atoms with Gasteiger partial charge in [-0.2, -0.15) is 0 Å². The Bertz CT molecular complexity index is 495. The maximum atomic E-state index is 12.0. The Hall–Kier alpha value is -1.88. The molecular weight excluding hydrogens is 308 g/mol. The molecule has 0 spiro atoms. The summed E-state index contributed by atoms with van der Waals surface area (Å²) in [5, 5.41) is 8.72. The number of carbonyl (C=O) groups excluding carboxylic acids is 2. The molecule has 1 aromatic rings. The number of aliphatic hydroxyl groups excluding tert-OH is 1. The van der Waals surface area contributed by atoms with Gasteiger partial charge >= 0.3 is 11.9 Å². The van der Waals surface area contributed by atoms with Gasteiger partial charge in [-0.1, -0.05) is 33.4 Å². The Morgan fingerprint density at radius 1 is 1.21 bits per heavy atom. The minimum Gasteiger partial charge on any atom is -0.465 e. The van der Waals surface area contributed by atoms with Crippen LogP contribution >= 0.6 is 0 Å². The second-order valence-corrected chi connectivity index (χ2v) is 5.65. The van der Waals surface area contributed by atoms with Crippen LogP contribution in [0.15, 0.2) is 24.3 Å². The summed E-state index contributed by atoms with van der Waals surface area (Å²) in [6, 6.07) is 7.33. The van der Waals surface area contributed by atoms with Crippen molar-refractivity contribution in [2.24, 2.45) is 5.92 Å². The molecule has 1 aromatic carbocycles. The third-order valence-corrected chi connectivity index (χ3v) is 3.72. The van der Waals surface area contributed by atoms with Crippen molar-refractivity contribution in [3.8, 4) is 5.75 Å². The number of esters is 2. The molecule has 0 saturated heterocycles. The predicted octanol–water partition coefficient (Wildman–Crippen LogP) is 3.69. The largest absolute Gasteiger partial charge is 0.465 e. The van der Waals surface area contributed by atoms with E-state index in [1.54, 1.807) is 12.1 Å². The molecule has 24 heavy (non-hydrogen) atoms. The van der Waals surface area contributed by atoms with Crippen molar-refractivity contribution in [3.05, 3.63) is 29.8 Å². The van der Waals surface area contributed by atoms with Gasteiger partial charge in [0.15, 0.2) is 0 Å². The van der Waals surface area contributed by atoms with Gasteiger partial charge in [0, 0.05) is 20.0 Å². The molecule has 0 aliphatic carbocycles. The van der Waals surface area contributed by atoms with Crippen molar-refractivity contribution in [1.29, 1.82) is 0 Å². The molecule has 136 valence electrons. The van der Waals surface area contributed by atoms with E-state index in [1.165, 1.54) is 6.92 Å². The molecular formula is C19H30O5. The predicted molar refractivity (Wildman–Crippen MR) is 94.0 cm³/mol. The van der Waals surface area contributed by atoms with Crippen LogP contribution in [0.25, 0.3) is 0 Å². The first-order chi connectivity index (χ1) is 11.0. The molecule has 0 bridgehead atoms. The van der Waals surface area contributed by atoms with E-state index in [2.05, 4.69) is 6.92 Å². The molecule has 2 unspecified atom stereocenters. The van der Waals surface area contributed by atoms with Gasteiger partial charge in [0.2, 0.25) is 0 Å². The molecule has 0 aliphatic rings. The summed E-state index contributed by atoms with van der Waals surface area (Å²) in [5.74, 6) is 0.00395. The zero-order valence-electron chi connectivity index (χ0n) is 14.1. The average molecular weight is 338 g/mol. The number of rotatable bonds is 9. The van der Waals surface area contributed by atoms with E-state index in [4.69, 9.17) is 14.6 Å². The summed E-state index contributed by atoms with van der Waals surface area (Å²) in [5.41, 5.74) is 1.09. The second-order valence-electron chi connectivity index (χ2n) is 5.65. The van der Waals surface area contributed by atoms with Crippen LogP contribution in [-0.4, -0.2) is 30.3 Å². The fourth-order valence-electron chi connectivity index (χ4n) is 2.38. The average Bonchev–Trinajstić information content (AvgIpc) is 2.52. The van der Waals surface area contributed by atoms with Gasteiger partial charge in [0.1, 0.15) is 5.75 Å². The second kappa shape index (κ2) is 11.6. The van der Waals surface area contributed by atoms with Crippen LogP contribution in [-0.2, 0) is 14.3 Å². The zero-order valence-corrected chi connectivity index (χ0v) is 14.1. The van der Waals surface area contributed by atoms with Crippen molar-refractivity contribution in [1.82, 2.24) is 0 Å². The Labute approximate surface area is 145 Å². The fraction of sp³-hybridized carbons (Fsp3) is 0.579. The molecule has 0 fully saturated rings. The van der Waals surface area contributed by atoms with Gasteiger partial charge < -0.3 is 14.6 Å². The van der Waals surface area contributed by atoms with E-state index in [-0.39, 0.29) is 44.4 Å². The van der Waals surface area contributed by atoms with Gasteiger partial charge in [0.25, 0.3) is 0 Å². The smallest absolute Gasteiger partial charge is 0.308 e. The third kappa shape index (κ3) is 7.59. The van der Waals surface area contributed by atoms with Crippen molar-refractivity contribution >= 4 is 11.9 Å². The summed E-state index contributed by atoms with van der Waals surface area (Å²) in [6.45, 7) is 5.68. The maximum absolute atomic E-state index is 12.0. The lowest BCUT2D eigenvalue weighted by atomic mass is 9.89. The van der Waals surface area contributed by atoms with Crippen LogP contribution in [0.3, 0.4) is 0 Å². The standard InChI is InChI=1S/C18H26O5.CH4/c1-4-15(18(21)22-11-5-10-19)12-13(2)16-6-8-17(9-7-16)23-14(3)20;/h6-9,13,15,19H,4-5,10-12H2,1-3H3;1H4. The highest BCUT2D eigenvalue weighted by molar-refractivity contribution is 5.72. The van der Waals surface area contributed by atoms with Crippen molar-refractivity contribution in [2.45, 2.75) is 53.4 Å². The van der Waals surface area contributed by atoms with Crippen LogP contribution in [0.1, 0.15) is 58.9 Å². The molecule has 0 heterocycles. The van der Waals surface area contributed by atoms with Crippen LogP contribution in [0.2, 0.25) is 0 Å². The lowest BCUT2D eigenvalue weighted by molar-refractivity contribution is -0.149. The summed E-state index contributed by atoms with van der Waals surface area (Å²) in [7, 11) is 0. The number of carbonyl (C=O) groups is 2. The number of aliphatic hydroxyl groups is 1. The van der Waals surface area contributed by atoms with Crippen LogP contribution < -0.4 is 4.74 Å². The van der Waals surface area contributed by atoms with E-state index >= 15 is 0 Å². The van der Waals surface area contributed by atoms with Gasteiger partial charge in [0.05, 0.1) is 12.5 Å². The lowest BCUT2D eigenvalue weighted by Gasteiger charge is -2.19. The van der Waals surface area contributed by atoms with Crippen LogP contribution in [0.4, 0.5) is 0 Å². The summed E-state index contributed by atoms with van der Waals surface area (Å²) in [6.07, 6.45) is 1.88. The number of ether oxygens (including phenoxy) is 2. The fourth-order valence-corrected chi connectivity index (χ4v) is 2.38. The Balaban J connectivity index is 0.00000529. The molecule has 0 aromatic heterocycles. The van der Waals surface area contributed by atoms with Crippen LogP contribution in [0.5, 0.6) is 5.75 Å². The first-order valence-electron chi connectivity index (χ1n) is 8.03. The molecule has 0 radical (unpaired) electrons. The first kappa shape index (κ1) is 22.1. The van der Waals surface area contributed by atoms with E-state index in [9.17, 15) is 9.59 Å². The summed E-state index contributed by atoms with van der Waals surface area (Å²) < 4.78 is 10.2. The summed E-state index contributed by atoms with van der Waals surface area (Å²) in [4.78, 5) is 22.9. The van der Waals surface area contributed by atoms with Crippen molar-refractivity contribution < 1.29 is 24.2 Å². The highest BCUT2D eigenvalue weighted by atomic mass is 16.5. The molecule has 0 aliphatic heterocycles. The Kier molecular flexibility index (Phi) is 10.7. The quantitative estimate of drug-likeness (QED) is 0.422. The van der Waals surface area contributed by atoms with Gasteiger partial charge in [-0.15, -0.1) is 0 Å². The molecule has 5 heteroatoms. The molecule has 1 N–H and O–H groups in total. The van der Waals surface area contributed by atoms with E-state index < -0.39 is 0 Å². The maximum Gasteiger partial charge on any atom is 0.308 e. The zero-order chi connectivity index (χ0) is 17.2. The van der Waals surface area contributed by atoms with E-state index in [1.807, 2.05) is 19.1 Å². The SMILES string of the molecule is C.CCC(CC(C)c1ccc(OC(C)=O)cc1)C(=O)OCCCO. The van der Waals surface area contributed by atoms with Crippen molar-refractivity contribution in [3.63, 3.8) is 0 Å². The Morgan fingerprint density at radius 2 is 1.83 bits per heavy atom.